The lowest BCUT2D eigenvalue weighted by Gasteiger charge is -2.33. The van der Waals surface area contributed by atoms with Crippen LogP contribution in [0.3, 0.4) is 0 Å². The standard InChI is InChI=1S/C22H17N7O3/c1-11-3-8-17-15(9-11)22(21(30)25-17)16(10-23)19(24)26-20-18(22)12(2)27-28(20)13-4-6-14(7-5-13)29(31)32/h3-9,26H,24H2,1-2H3,(H,25,30). The number of fused-ring (bicyclic) bond motifs is 4. The third-order valence-corrected chi connectivity index (χ3v) is 5.92. The molecule has 3 heterocycles. The molecule has 0 bridgehead atoms. The maximum Gasteiger partial charge on any atom is 0.269 e. The number of hydrogen-bond donors (Lipinski definition) is 3. The number of aryl methyl sites for hydroxylation is 2. The maximum absolute atomic E-state index is 13.5. The van der Waals surface area contributed by atoms with E-state index in [0.29, 0.717) is 34.0 Å². The van der Waals surface area contributed by atoms with Crippen molar-refractivity contribution in [3.8, 4) is 11.8 Å². The van der Waals surface area contributed by atoms with Gasteiger partial charge in [0.15, 0.2) is 0 Å². The summed E-state index contributed by atoms with van der Waals surface area (Å²) in [5.41, 5.74) is 8.61. The molecule has 158 valence electrons. The molecular weight excluding hydrogens is 410 g/mol. The van der Waals surface area contributed by atoms with Gasteiger partial charge in [-0.3, -0.25) is 14.9 Å². The average Bonchev–Trinajstić information content (AvgIpc) is 3.23. The number of nitriles is 1. The number of carbonyl (C=O) groups excluding carboxylic acids is 1. The molecule has 1 amide bonds. The molecule has 3 aromatic rings. The number of nitro groups is 1. The first-order chi connectivity index (χ1) is 15.3. The van der Waals surface area contributed by atoms with Crippen LogP contribution in [0.5, 0.6) is 0 Å². The number of anilines is 2. The number of carbonyl (C=O) groups is 1. The summed E-state index contributed by atoms with van der Waals surface area (Å²) in [4.78, 5) is 24.1. The van der Waals surface area contributed by atoms with Crippen molar-refractivity contribution in [1.29, 1.82) is 5.26 Å². The summed E-state index contributed by atoms with van der Waals surface area (Å²) in [6, 6.07) is 13.6. The fraction of sp³-hybridized carbons (Fsp3) is 0.136. The van der Waals surface area contributed by atoms with Gasteiger partial charge in [0, 0.05) is 28.9 Å². The third kappa shape index (κ3) is 2.33. The van der Waals surface area contributed by atoms with Gasteiger partial charge >= 0.3 is 0 Å². The van der Waals surface area contributed by atoms with Crippen molar-refractivity contribution in [3.05, 3.63) is 86.4 Å². The van der Waals surface area contributed by atoms with E-state index < -0.39 is 10.3 Å². The quantitative estimate of drug-likeness (QED) is 0.420. The van der Waals surface area contributed by atoms with E-state index in [0.717, 1.165) is 5.56 Å². The Morgan fingerprint density at radius 2 is 1.91 bits per heavy atom. The van der Waals surface area contributed by atoms with Gasteiger partial charge in [0.1, 0.15) is 23.1 Å². The lowest BCUT2D eigenvalue weighted by atomic mass is 9.68. The van der Waals surface area contributed by atoms with Gasteiger partial charge in [-0.15, -0.1) is 0 Å². The fourth-order valence-corrected chi connectivity index (χ4v) is 4.57. The molecule has 0 radical (unpaired) electrons. The number of nitro benzene ring substituents is 1. The van der Waals surface area contributed by atoms with Crippen molar-refractivity contribution in [1.82, 2.24) is 9.78 Å². The predicted octanol–water partition coefficient (Wildman–Crippen LogP) is 2.75. The first-order valence-corrected chi connectivity index (χ1v) is 9.74. The Morgan fingerprint density at radius 3 is 2.56 bits per heavy atom. The largest absolute Gasteiger partial charge is 0.384 e. The van der Waals surface area contributed by atoms with Crippen LogP contribution in [0, 0.1) is 35.3 Å². The van der Waals surface area contributed by atoms with Gasteiger partial charge in [-0.1, -0.05) is 17.7 Å². The SMILES string of the molecule is Cc1ccc2c(c1)C1(C(=O)N2)C(C#N)=C(N)Nc2c1c(C)nn2-c1ccc([N+](=O)[O-])cc1. The number of nitrogens with two attached hydrogens (primary N) is 1. The molecule has 10 nitrogen and oxygen atoms in total. The Kier molecular flexibility index (Phi) is 3.88. The monoisotopic (exact) mass is 427 g/mol. The first-order valence-electron chi connectivity index (χ1n) is 9.74. The summed E-state index contributed by atoms with van der Waals surface area (Å²) in [5, 5.41) is 31.6. The molecule has 32 heavy (non-hydrogen) atoms. The van der Waals surface area contributed by atoms with Gasteiger partial charge in [0.05, 0.1) is 21.9 Å². The minimum atomic E-state index is -1.45. The molecule has 0 aliphatic carbocycles. The number of non-ortho nitro benzene ring substituents is 1. The Hall–Kier alpha value is -4.65. The fourth-order valence-electron chi connectivity index (χ4n) is 4.57. The van der Waals surface area contributed by atoms with E-state index in [4.69, 9.17) is 5.73 Å². The number of nitrogens with one attached hydrogen (secondary N) is 2. The van der Waals surface area contributed by atoms with Crippen molar-refractivity contribution in [3.63, 3.8) is 0 Å². The minimum absolute atomic E-state index is 0.0487. The molecule has 5 rings (SSSR count). The second-order valence-electron chi connectivity index (χ2n) is 7.77. The van der Waals surface area contributed by atoms with Gasteiger partial charge in [-0.05, 0) is 32.0 Å². The predicted molar refractivity (Wildman–Crippen MR) is 116 cm³/mol. The number of hydrogen-bond acceptors (Lipinski definition) is 7. The van der Waals surface area contributed by atoms with E-state index in [1.807, 2.05) is 19.1 Å². The summed E-state index contributed by atoms with van der Waals surface area (Å²) in [6.45, 7) is 3.66. The number of aromatic nitrogens is 2. The zero-order valence-electron chi connectivity index (χ0n) is 17.1. The maximum atomic E-state index is 13.5. The second-order valence-corrected chi connectivity index (χ2v) is 7.77. The Morgan fingerprint density at radius 1 is 1.19 bits per heavy atom. The molecule has 0 fully saturated rings. The summed E-state index contributed by atoms with van der Waals surface area (Å²) >= 11 is 0. The molecule has 4 N–H and O–H groups in total. The van der Waals surface area contributed by atoms with Crippen molar-refractivity contribution in [2.75, 3.05) is 10.6 Å². The summed E-state index contributed by atoms with van der Waals surface area (Å²) < 4.78 is 1.54. The van der Waals surface area contributed by atoms with Crippen LogP contribution in [-0.2, 0) is 10.2 Å². The number of rotatable bonds is 2. The van der Waals surface area contributed by atoms with E-state index in [1.54, 1.807) is 25.1 Å². The molecule has 1 spiro atoms. The van der Waals surface area contributed by atoms with Gasteiger partial charge in [-0.2, -0.15) is 10.4 Å². The van der Waals surface area contributed by atoms with Crippen LogP contribution in [0.4, 0.5) is 17.2 Å². The lowest BCUT2D eigenvalue weighted by Crippen LogP contribution is -2.43. The lowest BCUT2D eigenvalue weighted by molar-refractivity contribution is -0.384. The molecule has 1 unspecified atom stereocenters. The first kappa shape index (κ1) is 19.3. The normalized spacial score (nSPS) is 18.6. The smallest absolute Gasteiger partial charge is 0.269 e. The third-order valence-electron chi connectivity index (χ3n) is 5.92. The van der Waals surface area contributed by atoms with Crippen molar-refractivity contribution in [2.45, 2.75) is 19.3 Å². The van der Waals surface area contributed by atoms with Gasteiger partial charge < -0.3 is 16.4 Å². The molecule has 2 aromatic carbocycles. The van der Waals surface area contributed by atoms with Gasteiger partial charge in [-0.25, -0.2) is 4.68 Å². The van der Waals surface area contributed by atoms with Crippen LogP contribution in [0.25, 0.3) is 5.69 Å². The van der Waals surface area contributed by atoms with Crippen LogP contribution in [0.1, 0.15) is 22.4 Å². The number of nitrogens with zero attached hydrogens (tertiary/aromatic N) is 4. The van der Waals surface area contributed by atoms with Crippen LogP contribution < -0.4 is 16.4 Å². The van der Waals surface area contributed by atoms with Crippen LogP contribution >= 0.6 is 0 Å². The van der Waals surface area contributed by atoms with E-state index >= 15 is 0 Å². The Labute approximate surface area is 182 Å². The molecule has 2 aliphatic rings. The molecule has 1 aromatic heterocycles. The number of amides is 1. The minimum Gasteiger partial charge on any atom is -0.384 e. The van der Waals surface area contributed by atoms with Crippen molar-refractivity contribution < 1.29 is 9.72 Å². The average molecular weight is 427 g/mol. The summed E-state index contributed by atoms with van der Waals surface area (Å²) in [5.74, 6) is 0.0941. The molecule has 10 heteroatoms. The molecule has 1 atom stereocenters. The van der Waals surface area contributed by atoms with E-state index in [9.17, 15) is 20.2 Å². The van der Waals surface area contributed by atoms with Crippen molar-refractivity contribution in [2.24, 2.45) is 5.73 Å². The van der Waals surface area contributed by atoms with Crippen molar-refractivity contribution >= 4 is 23.1 Å². The molecule has 0 saturated carbocycles. The van der Waals surface area contributed by atoms with E-state index in [2.05, 4.69) is 21.8 Å². The molecule has 2 aliphatic heterocycles. The van der Waals surface area contributed by atoms with Gasteiger partial charge in [0.25, 0.3) is 5.69 Å². The van der Waals surface area contributed by atoms with Crippen LogP contribution in [-0.4, -0.2) is 20.6 Å². The summed E-state index contributed by atoms with van der Waals surface area (Å²) in [7, 11) is 0. The highest BCUT2D eigenvalue weighted by atomic mass is 16.6. The zero-order valence-corrected chi connectivity index (χ0v) is 17.1. The molecule has 0 saturated heterocycles. The topological polar surface area (TPSA) is 152 Å². The molecular formula is C22H17N7O3. The Bertz CT molecular complexity index is 1410. The van der Waals surface area contributed by atoms with E-state index in [-0.39, 0.29) is 23.0 Å². The van der Waals surface area contributed by atoms with E-state index in [1.165, 1.54) is 16.8 Å². The Balaban J connectivity index is 1.82. The highest BCUT2D eigenvalue weighted by molar-refractivity contribution is 6.13. The van der Waals surface area contributed by atoms with Gasteiger partial charge in [0.2, 0.25) is 5.91 Å². The van der Waals surface area contributed by atoms with Crippen LogP contribution in [0.2, 0.25) is 0 Å². The summed E-state index contributed by atoms with van der Waals surface area (Å²) in [6.07, 6.45) is 0. The number of benzene rings is 2. The highest BCUT2D eigenvalue weighted by Gasteiger charge is 2.57. The zero-order chi connectivity index (χ0) is 22.8. The second kappa shape index (κ2) is 6.42. The van der Waals surface area contributed by atoms with Crippen LogP contribution in [0.15, 0.2) is 53.9 Å². The highest BCUT2D eigenvalue weighted by Crippen LogP contribution is 2.53.